The van der Waals surface area contributed by atoms with Gasteiger partial charge >= 0.3 is 0 Å². The molecule has 0 amide bonds. The van der Waals surface area contributed by atoms with Crippen LogP contribution in [0.15, 0.2) is 89.9 Å². The van der Waals surface area contributed by atoms with E-state index in [0.29, 0.717) is 5.92 Å². The van der Waals surface area contributed by atoms with Gasteiger partial charge in [0.1, 0.15) is 5.65 Å². The summed E-state index contributed by atoms with van der Waals surface area (Å²) in [5.41, 5.74) is 7.21. The molecule has 2 aliphatic rings. The van der Waals surface area contributed by atoms with E-state index in [0.717, 1.165) is 64.5 Å². The Morgan fingerprint density at radius 2 is 2.03 bits per heavy atom. The third-order valence-corrected chi connectivity index (χ3v) is 6.18. The minimum Gasteiger partial charge on any atom is -0.370 e. The number of benzene rings is 1. The van der Waals surface area contributed by atoms with Gasteiger partial charge in [-0.15, -0.1) is 0 Å². The van der Waals surface area contributed by atoms with Crippen molar-refractivity contribution >= 4 is 16.7 Å². The normalized spacial score (nSPS) is 19.1. The van der Waals surface area contributed by atoms with Crippen molar-refractivity contribution in [2.24, 2.45) is 10.9 Å². The Hall–Kier alpha value is -3.40. The highest BCUT2D eigenvalue weighted by Gasteiger charge is 2.20. The van der Waals surface area contributed by atoms with E-state index in [1.54, 1.807) is 0 Å². The number of hydrogen-bond donors (Lipinski definition) is 1. The lowest BCUT2D eigenvalue weighted by Gasteiger charge is -2.34. The van der Waals surface area contributed by atoms with Crippen molar-refractivity contribution in [3.8, 4) is 11.3 Å². The molecule has 4 heteroatoms. The van der Waals surface area contributed by atoms with Crippen LogP contribution in [0.2, 0.25) is 0 Å². The Bertz CT molecular complexity index is 1200. The van der Waals surface area contributed by atoms with Gasteiger partial charge in [-0.3, -0.25) is 4.99 Å². The van der Waals surface area contributed by atoms with Crippen molar-refractivity contribution in [1.29, 1.82) is 0 Å². The molecule has 0 radical (unpaired) electrons. The summed E-state index contributed by atoms with van der Waals surface area (Å²) in [6, 6.07) is 14.7. The van der Waals surface area contributed by atoms with Gasteiger partial charge in [0.2, 0.25) is 0 Å². The predicted molar refractivity (Wildman–Crippen MR) is 129 cm³/mol. The second-order valence-electron chi connectivity index (χ2n) is 8.59. The lowest BCUT2D eigenvalue weighted by molar-refractivity contribution is 0.233. The second-order valence-corrected chi connectivity index (χ2v) is 8.59. The number of piperidine rings is 1. The number of likely N-dealkylation sites (tertiary alicyclic amines) is 1. The molecule has 5 rings (SSSR count). The largest absolute Gasteiger partial charge is 0.370 e. The van der Waals surface area contributed by atoms with E-state index in [1.165, 1.54) is 12.8 Å². The van der Waals surface area contributed by atoms with Crippen LogP contribution in [0.3, 0.4) is 0 Å². The van der Waals surface area contributed by atoms with Gasteiger partial charge in [0, 0.05) is 42.4 Å². The van der Waals surface area contributed by atoms with E-state index in [9.17, 15) is 0 Å². The van der Waals surface area contributed by atoms with E-state index >= 15 is 0 Å². The number of aromatic amines is 1. The summed E-state index contributed by atoms with van der Waals surface area (Å²) in [5, 5.41) is 1.10. The molecule has 1 saturated heterocycles. The van der Waals surface area contributed by atoms with E-state index in [1.807, 2.05) is 12.3 Å². The molecule has 1 N–H and O–H groups in total. The first kappa shape index (κ1) is 19.6. The number of nitrogens with zero attached hydrogens (tertiary/aromatic N) is 3. The molecular weight excluding hydrogens is 380 g/mol. The van der Waals surface area contributed by atoms with E-state index in [-0.39, 0.29) is 0 Å². The van der Waals surface area contributed by atoms with Gasteiger partial charge in [-0.05, 0) is 42.5 Å². The van der Waals surface area contributed by atoms with Crippen molar-refractivity contribution in [2.45, 2.75) is 26.2 Å². The van der Waals surface area contributed by atoms with Gasteiger partial charge in [0.05, 0.1) is 17.1 Å². The number of aliphatic imine (C=N–C) groups is 1. The summed E-state index contributed by atoms with van der Waals surface area (Å²) in [7, 11) is 0. The molecule has 1 aromatic carbocycles. The first-order valence-electron chi connectivity index (χ1n) is 11.1. The number of allylic oxidation sites excluding steroid dienone is 3. The zero-order valence-corrected chi connectivity index (χ0v) is 18.0. The maximum atomic E-state index is 5.04. The number of hydrogen-bond acceptors (Lipinski definition) is 3. The van der Waals surface area contributed by atoms with Crippen molar-refractivity contribution in [3.05, 3.63) is 90.4 Å². The highest BCUT2D eigenvalue weighted by Crippen LogP contribution is 2.27. The molecular formula is C27H28N4. The SMILES string of the molecule is C=C(C1=CC=CCC(c2cnc3[nH]c(-c4ccccc4)cc3c2)=N1)N1CCCC(C)C1. The molecule has 4 nitrogen and oxygen atoms in total. The molecule has 31 heavy (non-hydrogen) atoms. The molecule has 4 heterocycles. The lowest BCUT2D eigenvalue weighted by atomic mass is 9.99. The quantitative estimate of drug-likeness (QED) is 0.566. The first-order valence-corrected chi connectivity index (χ1v) is 11.1. The Kier molecular flexibility index (Phi) is 5.29. The van der Waals surface area contributed by atoms with Crippen LogP contribution >= 0.6 is 0 Å². The Morgan fingerprint density at radius 1 is 1.16 bits per heavy atom. The average Bonchev–Trinajstić information content (AvgIpc) is 3.08. The molecule has 0 saturated carbocycles. The molecule has 3 aromatic rings. The van der Waals surface area contributed by atoms with Gasteiger partial charge in [-0.1, -0.05) is 56.0 Å². The van der Waals surface area contributed by atoms with Crippen LogP contribution in [0, 0.1) is 5.92 Å². The number of rotatable bonds is 4. The molecule has 0 bridgehead atoms. The standard InChI is InChI=1S/C27H28N4/c1-19-9-8-14-31(18-19)20(2)24-12-6-7-13-25(29-24)23-15-22-16-26(30-27(22)28-17-23)21-10-4-3-5-11-21/h3-7,10-12,15-17,19H,2,8-9,13-14,18H2,1H3,(H,28,30). The molecule has 0 aliphatic carbocycles. The summed E-state index contributed by atoms with van der Waals surface area (Å²) >= 11 is 0. The molecule has 1 unspecified atom stereocenters. The van der Waals surface area contributed by atoms with Crippen molar-refractivity contribution in [3.63, 3.8) is 0 Å². The molecule has 2 aliphatic heterocycles. The number of nitrogens with one attached hydrogen (secondary N) is 1. The van der Waals surface area contributed by atoms with Gasteiger partial charge in [0.15, 0.2) is 0 Å². The number of aromatic nitrogens is 2. The Balaban J connectivity index is 1.45. The summed E-state index contributed by atoms with van der Waals surface area (Å²) in [5.74, 6) is 0.704. The van der Waals surface area contributed by atoms with Crippen molar-refractivity contribution in [1.82, 2.24) is 14.9 Å². The van der Waals surface area contributed by atoms with Crippen LogP contribution in [0.4, 0.5) is 0 Å². The zero-order valence-electron chi connectivity index (χ0n) is 18.0. The predicted octanol–water partition coefficient (Wildman–Crippen LogP) is 6.11. The molecule has 156 valence electrons. The van der Waals surface area contributed by atoms with Crippen LogP contribution in [0.1, 0.15) is 31.7 Å². The fourth-order valence-corrected chi connectivity index (χ4v) is 4.45. The average molecular weight is 409 g/mol. The van der Waals surface area contributed by atoms with E-state index in [2.05, 4.69) is 78.0 Å². The van der Waals surface area contributed by atoms with Gasteiger partial charge in [-0.2, -0.15) is 0 Å². The highest BCUT2D eigenvalue weighted by atomic mass is 15.2. The van der Waals surface area contributed by atoms with Crippen molar-refractivity contribution < 1.29 is 0 Å². The maximum absolute atomic E-state index is 5.04. The minimum absolute atomic E-state index is 0.704. The lowest BCUT2D eigenvalue weighted by Crippen LogP contribution is -2.33. The minimum atomic E-state index is 0.704. The second kappa shape index (κ2) is 8.38. The van der Waals surface area contributed by atoms with Crippen LogP contribution in [-0.4, -0.2) is 33.7 Å². The van der Waals surface area contributed by atoms with Gasteiger partial charge in [0.25, 0.3) is 0 Å². The van der Waals surface area contributed by atoms with E-state index < -0.39 is 0 Å². The first-order chi connectivity index (χ1) is 15.2. The Morgan fingerprint density at radius 3 is 2.87 bits per heavy atom. The smallest absolute Gasteiger partial charge is 0.137 e. The number of fused-ring (bicyclic) bond motifs is 1. The summed E-state index contributed by atoms with van der Waals surface area (Å²) in [4.78, 5) is 15.6. The number of pyridine rings is 1. The third kappa shape index (κ3) is 4.11. The molecule has 1 fully saturated rings. The fourth-order valence-electron chi connectivity index (χ4n) is 4.45. The molecule has 1 atom stereocenters. The monoisotopic (exact) mass is 408 g/mol. The fraction of sp³-hybridized carbons (Fsp3) is 0.259. The summed E-state index contributed by atoms with van der Waals surface area (Å²) < 4.78 is 0. The number of H-pyrrole nitrogens is 1. The maximum Gasteiger partial charge on any atom is 0.137 e. The summed E-state index contributed by atoms with van der Waals surface area (Å²) in [6.45, 7) is 8.83. The van der Waals surface area contributed by atoms with Crippen molar-refractivity contribution in [2.75, 3.05) is 13.1 Å². The summed E-state index contributed by atoms with van der Waals surface area (Å²) in [6.07, 6.45) is 11.6. The van der Waals surface area contributed by atoms with Crippen LogP contribution < -0.4 is 0 Å². The third-order valence-electron chi connectivity index (χ3n) is 6.18. The zero-order chi connectivity index (χ0) is 21.2. The van der Waals surface area contributed by atoms with Crippen LogP contribution in [0.5, 0.6) is 0 Å². The molecule has 2 aromatic heterocycles. The highest BCUT2D eigenvalue weighted by molar-refractivity contribution is 6.04. The van der Waals surface area contributed by atoms with Crippen LogP contribution in [0.25, 0.3) is 22.3 Å². The van der Waals surface area contributed by atoms with Gasteiger partial charge in [-0.25, -0.2) is 4.98 Å². The van der Waals surface area contributed by atoms with E-state index in [4.69, 9.17) is 9.98 Å². The Labute approximate surface area is 183 Å². The van der Waals surface area contributed by atoms with Crippen LogP contribution in [-0.2, 0) is 0 Å². The molecule has 0 spiro atoms. The van der Waals surface area contributed by atoms with Gasteiger partial charge < -0.3 is 9.88 Å². The topological polar surface area (TPSA) is 44.3 Å².